The van der Waals surface area contributed by atoms with Gasteiger partial charge >= 0.3 is 12.0 Å². The zero-order valence-corrected chi connectivity index (χ0v) is 21.4. The molecule has 2 N–H and O–H groups in total. The van der Waals surface area contributed by atoms with Gasteiger partial charge in [0.1, 0.15) is 18.5 Å². The number of nitrogens with one attached hydrogen (secondary N) is 1. The second kappa shape index (κ2) is 11.3. The Labute approximate surface area is 217 Å². The van der Waals surface area contributed by atoms with Gasteiger partial charge in [0.25, 0.3) is 0 Å². The van der Waals surface area contributed by atoms with Gasteiger partial charge in [0.2, 0.25) is 5.88 Å². The van der Waals surface area contributed by atoms with E-state index in [1.807, 2.05) is 49.4 Å². The number of anilines is 1. The van der Waals surface area contributed by atoms with Crippen molar-refractivity contribution in [2.24, 2.45) is 5.41 Å². The Bertz CT molecular complexity index is 1230. The van der Waals surface area contributed by atoms with E-state index in [1.54, 1.807) is 31.0 Å². The van der Waals surface area contributed by atoms with Crippen LogP contribution in [0, 0.1) is 5.41 Å². The lowest BCUT2D eigenvalue weighted by Gasteiger charge is -2.35. The monoisotopic (exact) mass is 503 g/mol. The van der Waals surface area contributed by atoms with E-state index in [4.69, 9.17) is 9.47 Å². The van der Waals surface area contributed by atoms with Crippen LogP contribution >= 0.6 is 0 Å². The molecule has 0 radical (unpaired) electrons. The number of urea groups is 1. The minimum absolute atomic E-state index is 0.0169. The lowest BCUT2D eigenvalue weighted by Crippen LogP contribution is -2.48. The van der Waals surface area contributed by atoms with Gasteiger partial charge in [-0.15, -0.1) is 0 Å². The molecule has 0 saturated heterocycles. The van der Waals surface area contributed by atoms with Crippen molar-refractivity contribution < 1.29 is 24.2 Å². The highest BCUT2D eigenvalue weighted by Gasteiger charge is 2.30. The van der Waals surface area contributed by atoms with E-state index in [-0.39, 0.29) is 18.7 Å². The Balaban J connectivity index is 1.45. The van der Waals surface area contributed by atoms with E-state index in [2.05, 4.69) is 22.4 Å². The summed E-state index contributed by atoms with van der Waals surface area (Å²) in [7, 11) is 0. The zero-order chi connectivity index (χ0) is 26.4. The molecule has 1 aliphatic rings. The van der Waals surface area contributed by atoms with Crippen molar-refractivity contribution in [3.05, 3.63) is 72.4 Å². The number of carbonyl (C=O) groups is 2. The normalized spacial score (nSPS) is 14.9. The van der Waals surface area contributed by atoms with Crippen molar-refractivity contribution in [3.63, 3.8) is 0 Å². The summed E-state index contributed by atoms with van der Waals surface area (Å²) < 4.78 is 11.8. The third-order valence-electron chi connectivity index (χ3n) is 6.39. The molecule has 8 nitrogen and oxygen atoms in total. The third kappa shape index (κ3) is 6.39. The Morgan fingerprint density at radius 2 is 1.89 bits per heavy atom. The topological polar surface area (TPSA) is 101 Å². The van der Waals surface area contributed by atoms with Crippen LogP contribution in [0.1, 0.15) is 32.8 Å². The van der Waals surface area contributed by atoms with Crippen molar-refractivity contribution in [1.29, 1.82) is 0 Å². The number of hydrogen-bond donors (Lipinski definition) is 2. The number of carbonyl (C=O) groups excluding carboxylic acids is 1. The lowest BCUT2D eigenvalue weighted by atomic mass is 9.95. The average molecular weight is 504 g/mol. The number of fused-ring (bicyclic) bond motifs is 1. The van der Waals surface area contributed by atoms with Gasteiger partial charge in [0.15, 0.2) is 0 Å². The Hall–Kier alpha value is -4.07. The standard InChI is InChI=1S/C29H33N3O5/c1-4-23-18-32(28(35)30-15-14-20-8-6-5-7-9-20)24-12-10-21(16-25(24)37-23)22-11-13-26(31-17-22)36-19-29(2,3)27(33)34/h5-13,16-17,23H,4,14-15,18-19H2,1-3H3,(H,30,35)(H,33,34). The van der Waals surface area contributed by atoms with Crippen molar-refractivity contribution in [2.75, 3.05) is 24.6 Å². The van der Waals surface area contributed by atoms with Crippen LogP contribution in [0.3, 0.4) is 0 Å². The molecule has 37 heavy (non-hydrogen) atoms. The van der Waals surface area contributed by atoms with Gasteiger partial charge in [-0.3, -0.25) is 9.69 Å². The molecule has 2 aromatic carbocycles. The molecule has 1 atom stereocenters. The fraction of sp³-hybridized carbons (Fsp3) is 0.345. The first kappa shape index (κ1) is 26.0. The lowest BCUT2D eigenvalue weighted by molar-refractivity contribution is -0.148. The predicted octanol–water partition coefficient (Wildman–Crippen LogP) is 5.17. The van der Waals surface area contributed by atoms with E-state index < -0.39 is 11.4 Å². The molecule has 2 heterocycles. The number of aromatic nitrogens is 1. The minimum atomic E-state index is -1.01. The fourth-order valence-corrected chi connectivity index (χ4v) is 3.94. The summed E-state index contributed by atoms with van der Waals surface area (Å²) in [5.74, 6) is 0.0801. The SMILES string of the molecule is CCC1CN(C(=O)NCCc2ccccc2)c2ccc(-c3ccc(OCC(C)(C)C(=O)O)nc3)cc2O1. The van der Waals surface area contributed by atoms with E-state index in [9.17, 15) is 14.7 Å². The van der Waals surface area contributed by atoms with Crippen LogP contribution in [0.5, 0.6) is 11.6 Å². The molecule has 194 valence electrons. The van der Waals surface area contributed by atoms with Gasteiger partial charge in [-0.2, -0.15) is 0 Å². The Morgan fingerprint density at radius 3 is 2.57 bits per heavy atom. The Kier molecular flexibility index (Phi) is 7.96. The fourth-order valence-electron chi connectivity index (χ4n) is 3.94. The number of benzene rings is 2. The van der Waals surface area contributed by atoms with Crippen LogP contribution in [-0.2, 0) is 11.2 Å². The smallest absolute Gasteiger partial charge is 0.322 e. The number of amides is 2. The molecule has 1 unspecified atom stereocenters. The first-order valence-corrected chi connectivity index (χ1v) is 12.5. The second-order valence-corrected chi connectivity index (χ2v) is 9.77. The van der Waals surface area contributed by atoms with Crippen LogP contribution in [-0.4, -0.2) is 47.9 Å². The van der Waals surface area contributed by atoms with Gasteiger partial charge in [0, 0.05) is 24.4 Å². The summed E-state index contributed by atoms with van der Waals surface area (Å²) in [5, 5.41) is 12.3. The van der Waals surface area contributed by atoms with Crippen molar-refractivity contribution in [1.82, 2.24) is 10.3 Å². The van der Waals surface area contributed by atoms with Crippen LogP contribution < -0.4 is 19.7 Å². The number of hydrogen-bond acceptors (Lipinski definition) is 5. The molecule has 0 saturated carbocycles. The third-order valence-corrected chi connectivity index (χ3v) is 6.39. The first-order valence-electron chi connectivity index (χ1n) is 12.5. The van der Waals surface area contributed by atoms with Crippen LogP contribution in [0.2, 0.25) is 0 Å². The highest BCUT2D eigenvalue weighted by atomic mass is 16.5. The highest BCUT2D eigenvalue weighted by molar-refractivity contribution is 5.94. The van der Waals surface area contributed by atoms with Gasteiger partial charge in [-0.05, 0) is 56.0 Å². The maximum Gasteiger partial charge on any atom is 0.322 e. The number of pyridine rings is 1. The molecular formula is C29H33N3O5. The summed E-state index contributed by atoms with van der Waals surface area (Å²) >= 11 is 0. The molecule has 8 heteroatoms. The quantitative estimate of drug-likeness (QED) is 0.418. The number of nitrogens with zero attached hydrogens (tertiary/aromatic N) is 2. The van der Waals surface area contributed by atoms with Crippen molar-refractivity contribution >= 4 is 17.7 Å². The molecule has 0 spiro atoms. The van der Waals surface area contributed by atoms with Crippen LogP contribution in [0.4, 0.5) is 10.5 Å². The largest absolute Gasteiger partial charge is 0.486 e. The van der Waals surface area contributed by atoms with E-state index in [0.29, 0.717) is 24.7 Å². The molecule has 4 rings (SSSR count). The number of rotatable bonds is 9. The molecule has 1 aromatic heterocycles. The number of carboxylic acid groups (broad SMARTS) is 1. The zero-order valence-electron chi connectivity index (χ0n) is 21.4. The van der Waals surface area contributed by atoms with Gasteiger partial charge < -0.3 is 19.9 Å². The average Bonchev–Trinajstić information content (AvgIpc) is 2.91. The number of carboxylic acids is 1. The number of aliphatic carboxylic acids is 1. The minimum Gasteiger partial charge on any atom is -0.486 e. The van der Waals surface area contributed by atoms with Crippen LogP contribution in [0.15, 0.2) is 66.9 Å². The molecule has 3 aromatic rings. The molecule has 0 bridgehead atoms. The van der Waals surface area contributed by atoms with Crippen LogP contribution in [0.25, 0.3) is 11.1 Å². The first-order chi connectivity index (χ1) is 17.8. The van der Waals surface area contributed by atoms with Gasteiger partial charge in [-0.1, -0.05) is 43.3 Å². The predicted molar refractivity (Wildman–Crippen MR) is 142 cm³/mol. The Morgan fingerprint density at radius 1 is 1.14 bits per heavy atom. The number of ether oxygens (including phenoxy) is 2. The van der Waals surface area contributed by atoms with Crippen molar-refractivity contribution in [2.45, 2.75) is 39.7 Å². The highest BCUT2D eigenvalue weighted by Crippen LogP contribution is 2.37. The second-order valence-electron chi connectivity index (χ2n) is 9.77. The van der Waals surface area contributed by atoms with E-state index in [0.717, 1.165) is 29.7 Å². The maximum absolute atomic E-state index is 13.1. The molecule has 2 amide bonds. The summed E-state index contributed by atoms with van der Waals surface area (Å²) in [6, 6.07) is 19.3. The van der Waals surface area contributed by atoms with Gasteiger partial charge in [0.05, 0.1) is 17.6 Å². The summed E-state index contributed by atoms with van der Waals surface area (Å²) in [6.45, 7) is 6.30. The summed E-state index contributed by atoms with van der Waals surface area (Å²) in [6.07, 6.45) is 3.12. The van der Waals surface area contributed by atoms with Crippen molar-refractivity contribution in [3.8, 4) is 22.8 Å². The van der Waals surface area contributed by atoms with E-state index in [1.165, 1.54) is 5.56 Å². The molecule has 1 aliphatic heterocycles. The molecule has 0 fully saturated rings. The van der Waals surface area contributed by atoms with E-state index >= 15 is 0 Å². The maximum atomic E-state index is 13.1. The summed E-state index contributed by atoms with van der Waals surface area (Å²) in [4.78, 5) is 30.4. The summed E-state index contributed by atoms with van der Waals surface area (Å²) in [5.41, 5.74) is 2.65. The van der Waals surface area contributed by atoms with Gasteiger partial charge in [-0.25, -0.2) is 9.78 Å². The molecule has 0 aliphatic carbocycles. The molecular weight excluding hydrogens is 470 g/mol.